The van der Waals surface area contributed by atoms with Crippen LogP contribution in [-0.4, -0.2) is 15.7 Å². The van der Waals surface area contributed by atoms with Gasteiger partial charge in [0, 0.05) is 14.1 Å². The van der Waals surface area contributed by atoms with E-state index in [1.165, 1.54) is 11.6 Å². The Morgan fingerprint density at radius 3 is 2.56 bits per heavy atom. The standard InChI is InChI=1S/C19H19N5O3/c1-4-9-27-12-7-5-11(6-8-12)14-13(10-20)16(21)22-17-15(14)18(25)24(3)19(26)23(17)2/h4-8,14,22H,1,9,21H2,2-3H3/t14-/m0/s1. The molecule has 0 saturated carbocycles. The number of hydrogen-bond acceptors (Lipinski definition) is 6. The first-order chi connectivity index (χ1) is 12.9. The molecule has 3 N–H and O–H groups in total. The summed E-state index contributed by atoms with van der Waals surface area (Å²) in [4.78, 5) is 25.1. The number of nitrogens with one attached hydrogen (secondary N) is 1. The third-order valence-electron chi connectivity index (χ3n) is 4.52. The molecule has 2 aromatic rings. The van der Waals surface area contributed by atoms with Crippen molar-refractivity contribution in [3.05, 3.63) is 80.3 Å². The van der Waals surface area contributed by atoms with Crippen LogP contribution in [0.3, 0.4) is 0 Å². The summed E-state index contributed by atoms with van der Waals surface area (Å²) in [6.07, 6.45) is 1.64. The molecule has 1 aromatic carbocycles. The third kappa shape index (κ3) is 2.89. The number of fused-ring (bicyclic) bond motifs is 1. The Labute approximate surface area is 155 Å². The Bertz CT molecular complexity index is 1100. The number of nitrogens with two attached hydrogens (primary N) is 1. The number of allylic oxidation sites excluding steroid dienone is 1. The fourth-order valence-corrected chi connectivity index (χ4v) is 3.15. The van der Waals surface area contributed by atoms with Crippen LogP contribution in [0.25, 0.3) is 0 Å². The smallest absolute Gasteiger partial charge is 0.332 e. The molecule has 138 valence electrons. The molecule has 0 fully saturated rings. The lowest BCUT2D eigenvalue weighted by atomic mass is 9.84. The fraction of sp³-hybridized carbons (Fsp3) is 0.211. The number of ether oxygens (including phenoxy) is 1. The van der Waals surface area contributed by atoms with Crippen molar-refractivity contribution in [1.82, 2.24) is 9.13 Å². The first-order valence-corrected chi connectivity index (χ1v) is 8.21. The molecule has 3 rings (SSSR count). The lowest BCUT2D eigenvalue weighted by Crippen LogP contribution is -2.43. The number of nitrogens with zero attached hydrogens (tertiary/aromatic N) is 3. The lowest BCUT2D eigenvalue weighted by Gasteiger charge is -2.28. The lowest BCUT2D eigenvalue weighted by molar-refractivity contribution is 0.363. The van der Waals surface area contributed by atoms with Gasteiger partial charge in [0.15, 0.2) is 0 Å². The van der Waals surface area contributed by atoms with Crippen LogP contribution in [0.5, 0.6) is 5.75 Å². The van der Waals surface area contributed by atoms with Gasteiger partial charge < -0.3 is 15.8 Å². The molecule has 1 aromatic heterocycles. The minimum atomic E-state index is -0.690. The van der Waals surface area contributed by atoms with Crippen molar-refractivity contribution < 1.29 is 4.74 Å². The number of benzene rings is 1. The molecule has 1 aliphatic rings. The average Bonchev–Trinajstić information content (AvgIpc) is 2.68. The summed E-state index contributed by atoms with van der Waals surface area (Å²) in [6.45, 7) is 3.97. The van der Waals surface area contributed by atoms with Crippen molar-refractivity contribution in [2.45, 2.75) is 5.92 Å². The predicted octanol–water partition coefficient (Wildman–Crippen LogP) is 0.900. The molecule has 1 aliphatic heterocycles. The van der Waals surface area contributed by atoms with Gasteiger partial charge in [-0.1, -0.05) is 24.8 Å². The number of rotatable bonds is 4. The molecule has 8 nitrogen and oxygen atoms in total. The molecule has 0 bridgehead atoms. The van der Waals surface area contributed by atoms with Crippen LogP contribution in [0.2, 0.25) is 0 Å². The minimum absolute atomic E-state index is 0.116. The predicted molar refractivity (Wildman–Crippen MR) is 101 cm³/mol. The molecule has 2 heterocycles. The number of anilines is 1. The van der Waals surface area contributed by atoms with Crippen molar-refractivity contribution in [1.29, 1.82) is 5.26 Å². The normalized spacial score (nSPS) is 15.5. The first-order valence-electron chi connectivity index (χ1n) is 8.21. The van der Waals surface area contributed by atoms with Crippen molar-refractivity contribution in [3.63, 3.8) is 0 Å². The molecular formula is C19H19N5O3. The minimum Gasteiger partial charge on any atom is -0.490 e. The van der Waals surface area contributed by atoms with Gasteiger partial charge in [-0.3, -0.25) is 13.9 Å². The van der Waals surface area contributed by atoms with Crippen molar-refractivity contribution in [3.8, 4) is 11.8 Å². The zero-order chi connectivity index (χ0) is 19.7. The largest absolute Gasteiger partial charge is 0.490 e. The van der Waals surface area contributed by atoms with Crippen molar-refractivity contribution in [2.75, 3.05) is 11.9 Å². The molecule has 0 radical (unpaired) electrons. The second-order valence-corrected chi connectivity index (χ2v) is 6.13. The highest BCUT2D eigenvalue weighted by atomic mass is 16.5. The average molecular weight is 365 g/mol. The van der Waals surface area contributed by atoms with Gasteiger partial charge >= 0.3 is 5.69 Å². The Morgan fingerprint density at radius 2 is 1.96 bits per heavy atom. The van der Waals surface area contributed by atoms with E-state index in [1.807, 2.05) is 0 Å². The molecule has 27 heavy (non-hydrogen) atoms. The van der Waals surface area contributed by atoms with Gasteiger partial charge in [0.1, 0.15) is 24.0 Å². The second kappa shape index (κ2) is 6.88. The topological polar surface area (TPSA) is 115 Å². The van der Waals surface area contributed by atoms with E-state index in [0.717, 1.165) is 4.57 Å². The fourth-order valence-electron chi connectivity index (χ4n) is 3.15. The summed E-state index contributed by atoms with van der Waals surface area (Å²) in [5, 5.41) is 12.5. The molecule has 0 aliphatic carbocycles. The summed E-state index contributed by atoms with van der Waals surface area (Å²) < 4.78 is 7.81. The van der Waals surface area contributed by atoms with E-state index < -0.39 is 17.2 Å². The Kier molecular flexibility index (Phi) is 4.60. The van der Waals surface area contributed by atoms with E-state index in [-0.39, 0.29) is 17.2 Å². The molecule has 0 spiro atoms. The van der Waals surface area contributed by atoms with E-state index in [2.05, 4.69) is 18.0 Å². The molecule has 0 saturated heterocycles. The van der Waals surface area contributed by atoms with Crippen molar-refractivity contribution >= 4 is 5.82 Å². The van der Waals surface area contributed by atoms with E-state index in [1.54, 1.807) is 37.4 Å². The zero-order valence-corrected chi connectivity index (χ0v) is 15.0. The van der Waals surface area contributed by atoms with E-state index in [0.29, 0.717) is 23.5 Å². The van der Waals surface area contributed by atoms with Gasteiger partial charge in [-0.15, -0.1) is 0 Å². The van der Waals surface area contributed by atoms with E-state index in [4.69, 9.17) is 10.5 Å². The summed E-state index contributed by atoms with van der Waals surface area (Å²) in [5.74, 6) is 0.351. The highest BCUT2D eigenvalue weighted by Crippen LogP contribution is 2.38. The Morgan fingerprint density at radius 1 is 1.30 bits per heavy atom. The van der Waals surface area contributed by atoms with E-state index in [9.17, 15) is 14.9 Å². The van der Waals surface area contributed by atoms with Gasteiger partial charge in [0.2, 0.25) is 0 Å². The molecule has 8 heteroatoms. The van der Waals surface area contributed by atoms with Crippen LogP contribution in [0.4, 0.5) is 5.82 Å². The van der Waals surface area contributed by atoms with Gasteiger partial charge in [0.25, 0.3) is 5.56 Å². The summed E-state index contributed by atoms with van der Waals surface area (Å²) in [6, 6.07) is 9.12. The van der Waals surface area contributed by atoms with Gasteiger partial charge in [-0.05, 0) is 17.7 Å². The SMILES string of the molecule is C=CCOc1ccc([C@H]2C(C#N)=C(N)Nc3c2c(=O)n(C)c(=O)n3C)cc1. The van der Waals surface area contributed by atoms with E-state index >= 15 is 0 Å². The Hall–Kier alpha value is -3.73. The highest BCUT2D eigenvalue weighted by molar-refractivity contribution is 5.64. The number of hydrogen-bond donors (Lipinski definition) is 2. The van der Waals surface area contributed by atoms with Crippen LogP contribution in [-0.2, 0) is 14.1 Å². The van der Waals surface area contributed by atoms with Crippen LogP contribution < -0.4 is 27.0 Å². The zero-order valence-electron chi connectivity index (χ0n) is 15.0. The first kappa shape index (κ1) is 18.1. The molecule has 0 unspecified atom stereocenters. The monoisotopic (exact) mass is 365 g/mol. The maximum atomic E-state index is 12.8. The second-order valence-electron chi connectivity index (χ2n) is 6.13. The van der Waals surface area contributed by atoms with Crippen molar-refractivity contribution in [2.24, 2.45) is 19.8 Å². The van der Waals surface area contributed by atoms with Crippen LogP contribution in [0.15, 0.2) is 57.9 Å². The molecule has 1 atom stereocenters. The molecule has 0 amide bonds. The number of aromatic nitrogens is 2. The Balaban J connectivity index is 2.23. The van der Waals surface area contributed by atoms with Crippen LogP contribution in [0.1, 0.15) is 17.0 Å². The van der Waals surface area contributed by atoms with Gasteiger partial charge in [-0.25, -0.2) is 4.79 Å². The van der Waals surface area contributed by atoms with Crippen LogP contribution in [0, 0.1) is 11.3 Å². The summed E-state index contributed by atoms with van der Waals surface area (Å²) in [5.41, 5.74) is 6.28. The summed E-state index contributed by atoms with van der Waals surface area (Å²) >= 11 is 0. The highest BCUT2D eigenvalue weighted by Gasteiger charge is 2.34. The maximum absolute atomic E-state index is 12.8. The maximum Gasteiger partial charge on any atom is 0.332 e. The summed E-state index contributed by atoms with van der Waals surface area (Å²) in [7, 11) is 2.95. The van der Waals surface area contributed by atoms with Gasteiger partial charge in [-0.2, -0.15) is 5.26 Å². The van der Waals surface area contributed by atoms with Crippen LogP contribution >= 0.6 is 0 Å². The quantitative estimate of drug-likeness (QED) is 0.778. The number of nitriles is 1. The van der Waals surface area contributed by atoms with Gasteiger partial charge in [0.05, 0.1) is 23.1 Å². The third-order valence-corrected chi connectivity index (χ3v) is 4.52. The molecular weight excluding hydrogens is 346 g/mol.